The van der Waals surface area contributed by atoms with Crippen molar-refractivity contribution < 1.29 is 23.8 Å². The van der Waals surface area contributed by atoms with Crippen LogP contribution in [0.25, 0.3) is 0 Å². The minimum Gasteiger partial charge on any atom is -0.468 e. The van der Waals surface area contributed by atoms with Gasteiger partial charge in [0.05, 0.1) is 12.6 Å². The Bertz CT molecular complexity index is 1060. The average Bonchev–Trinajstić information content (AvgIpc) is 3.39. The summed E-state index contributed by atoms with van der Waals surface area (Å²) in [7, 11) is 1.41. The number of esters is 1. The van der Waals surface area contributed by atoms with Crippen LogP contribution in [0.4, 0.5) is 0 Å². The van der Waals surface area contributed by atoms with Crippen LogP contribution in [0.3, 0.4) is 0 Å². The topological polar surface area (TPSA) is 65.1 Å². The SMILES string of the molecule is CCS[C@@H]1C(=O)N(Cc2ccccc2)[C@@]2(C)c3cc4c(cc3C[C@@]12C(=O)OC)OCO4. The van der Waals surface area contributed by atoms with Gasteiger partial charge in [0, 0.05) is 6.54 Å². The van der Waals surface area contributed by atoms with E-state index in [4.69, 9.17) is 14.2 Å². The summed E-state index contributed by atoms with van der Waals surface area (Å²) < 4.78 is 16.6. The van der Waals surface area contributed by atoms with E-state index >= 15 is 0 Å². The Morgan fingerprint density at radius 2 is 1.94 bits per heavy atom. The van der Waals surface area contributed by atoms with Crippen molar-refractivity contribution in [3.8, 4) is 11.5 Å². The fraction of sp³-hybridized carbons (Fsp3) is 0.417. The summed E-state index contributed by atoms with van der Waals surface area (Å²) in [6.45, 7) is 4.62. The molecule has 2 aromatic rings. The van der Waals surface area contributed by atoms with Crippen molar-refractivity contribution in [2.45, 2.75) is 37.6 Å². The molecule has 5 rings (SSSR count). The number of nitrogens with zero attached hydrogens (tertiary/aromatic N) is 1. The van der Waals surface area contributed by atoms with Crippen molar-refractivity contribution in [3.05, 3.63) is 59.2 Å². The summed E-state index contributed by atoms with van der Waals surface area (Å²) in [4.78, 5) is 29.2. The second-order valence-electron chi connectivity index (χ2n) is 8.32. The molecule has 3 aliphatic rings. The number of likely N-dealkylation sites (tertiary alicyclic amines) is 1. The third-order valence-corrected chi connectivity index (χ3v) is 8.28. The number of carbonyl (C=O) groups excluding carboxylic acids is 2. The predicted octanol–water partition coefficient (Wildman–Crippen LogP) is 3.51. The van der Waals surface area contributed by atoms with Gasteiger partial charge < -0.3 is 19.1 Å². The van der Waals surface area contributed by atoms with Crippen molar-refractivity contribution in [2.75, 3.05) is 19.7 Å². The van der Waals surface area contributed by atoms with Crippen LogP contribution in [0, 0.1) is 5.41 Å². The maximum absolute atomic E-state index is 13.8. The van der Waals surface area contributed by atoms with E-state index in [-0.39, 0.29) is 18.7 Å². The molecule has 0 saturated carbocycles. The van der Waals surface area contributed by atoms with Crippen LogP contribution >= 0.6 is 11.8 Å². The van der Waals surface area contributed by atoms with Gasteiger partial charge in [-0.05, 0) is 47.9 Å². The molecular weight excluding hydrogens is 414 g/mol. The van der Waals surface area contributed by atoms with Gasteiger partial charge in [-0.25, -0.2) is 0 Å². The van der Waals surface area contributed by atoms with Crippen LogP contribution in [-0.2, 0) is 32.8 Å². The molecule has 1 aliphatic carbocycles. The average molecular weight is 440 g/mol. The Labute approximate surface area is 185 Å². The lowest BCUT2D eigenvalue weighted by Crippen LogP contribution is -2.52. The molecule has 1 saturated heterocycles. The molecule has 2 aromatic carbocycles. The van der Waals surface area contributed by atoms with E-state index < -0.39 is 16.2 Å². The number of fused-ring (bicyclic) bond motifs is 4. The van der Waals surface area contributed by atoms with Gasteiger partial charge in [0.2, 0.25) is 12.7 Å². The van der Waals surface area contributed by atoms with Gasteiger partial charge in [0.15, 0.2) is 11.5 Å². The summed E-state index contributed by atoms with van der Waals surface area (Å²) in [5.74, 6) is 1.70. The van der Waals surface area contributed by atoms with Crippen molar-refractivity contribution in [1.29, 1.82) is 0 Å². The first-order valence-corrected chi connectivity index (χ1v) is 11.5. The zero-order valence-electron chi connectivity index (χ0n) is 17.8. The Morgan fingerprint density at radius 1 is 1.23 bits per heavy atom. The second-order valence-corrected chi connectivity index (χ2v) is 9.70. The van der Waals surface area contributed by atoms with E-state index in [9.17, 15) is 9.59 Å². The minimum absolute atomic E-state index is 0.0214. The molecule has 0 aromatic heterocycles. The quantitative estimate of drug-likeness (QED) is 0.665. The lowest BCUT2D eigenvalue weighted by atomic mass is 9.71. The predicted molar refractivity (Wildman–Crippen MR) is 117 cm³/mol. The summed E-state index contributed by atoms with van der Waals surface area (Å²) in [6, 6.07) is 13.8. The molecule has 1 amide bonds. The largest absolute Gasteiger partial charge is 0.468 e. The molecule has 162 valence electrons. The first kappa shape index (κ1) is 20.2. The van der Waals surface area contributed by atoms with Gasteiger partial charge in [-0.2, -0.15) is 0 Å². The molecule has 0 spiro atoms. The summed E-state index contributed by atoms with van der Waals surface area (Å²) in [5.41, 5.74) is 1.07. The highest BCUT2D eigenvalue weighted by Crippen LogP contribution is 2.64. The van der Waals surface area contributed by atoms with Gasteiger partial charge >= 0.3 is 5.97 Å². The normalized spacial score (nSPS) is 27.9. The standard InChI is InChI=1S/C24H25NO5S/c1-4-31-20-21(26)25(13-15-8-6-5-7-9-15)23(2)17-11-19-18(29-14-30-19)10-16(17)12-24(20,23)22(27)28-3/h5-11,20H,4,12-14H2,1-3H3/t20-,23+,24+/m1/s1. The third-order valence-electron chi connectivity index (χ3n) is 7.01. The lowest BCUT2D eigenvalue weighted by Gasteiger charge is -2.42. The van der Waals surface area contributed by atoms with E-state index in [1.54, 1.807) is 0 Å². The number of hydrogen-bond donors (Lipinski definition) is 0. The molecular formula is C24H25NO5S. The summed E-state index contributed by atoms with van der Waals surface area (Å²) in [5, 5.41) is -0.525. The third kappa shape index (κ3) is 2.59. The molecule has 7 heteroatoms. The van der Waals surface area contributed by atoms with E-state index in [1.165, 1.54) is 18.9 Å². The van der Waals surface area contributed by atoms with Crippen LogP contribution in [-0.4, -0.2) is 41.7 Å². The van der Waals surface area contributed by atoms with Crippen LogP contribution in [0.1, 0.15) is 30.5 Å². The lowest BCUT2D eigenvalue weighted by molar-refractivity contribution is -0.157. The maximum Gasteiger partial charge on any atom is 0.316 e. The molecule has 2 aliphatic heterocycles. The van der Waals surface area contributed by atoms with Crippen molar-refractivity contribution in [1.82, 2.24) is 4.90 Å². The molecule has 31 heavy (non-hydrogen) atoms. The molecule has 3 atom stereocenters. The van der Waals surface area contributed by atoms with Gasteiger partial charge in [0.25, 0.3) is 0 Å². The first-order valence-electron chi connectivity index (χ1n) is 10.5. The molecule has 0 radical (unpaired) electrons. The van der Waals surface area contributed by atoms with Crippen LogP contribution in [0.5, 0.6) is 11.5 Å². The smallest absolute Gasteiger partial charge is 0.316 e. The van der Waals surface area contributed by atoms with Crippen molar-refractivity contribution in [3.63, 3.8) is 0 Å². The monoisotopic (exact) mass is 439 g/mol. The van der Waals surface area contributed by atoms with Crippen LogP contribution in [0.15, 0.2) is 42.5 Å². The van der Waals surface area contributed by atoms with Crippen molar-refractivity contribution in [2.24, 2.45) is 5.41 Å². The van der Waals surface area contributed by atoms with Gasteiger partial charge in [-0.3, -0.25) is 9.59 Å². The molecule has 0 bridgehead atoms. The van der Waals surface area contributed by atoms with E-state index in [1.807, 2.05) is 61.2 Å². The Balaban J connectivity index is 1.73. The number of carbonyl (C=O) groups is 2. The highest BCUT2D eigenvalue weighted by Gasteiger charge is 2.74. The number of thioether (sulfide) groups is 1. The zero-order valence-corrected chi connectivity index (χ0v) is 18.7. The van der Waals surface area contributed by atoms with Gasteiger partial charge in [0.1, 0.15) is 10.7 Å². The van der Waals surface area contributed by atoms with E-state index in [0.717, 1.165) is 22.4 Å². The van der Waals surface area contributed by atoms with Gasteiger partial charge in [-0.1, -0.05) is 37.3 Å². The fourth-order valence-corrected chi connectivity index (χ4v) is 6.84. The number of amides is 1. The maximum atomic E-state index is 13.8. The number of hydrogen-bond acceptors (Lipinski definition) is 6. The van der Waals surface area contributed by atoms with Crippen LogP contribution in [0.2, 0.25) is 0 Å². The molecule has 0 N–H and O–H groups in total. The van der Waals surface area contributed by atoms with Gasteiger partial charge in [-0.15, -0.1) is 11.8 Å². The zero-order chi connectivity index (χ0) is 21.8. The molecule has 6 nitrogen and oxygen atoms in total. The Hall–Kier alpha value is -2.67. The molecule has 1 fully saturated rings. The van der Waals surface area contributed by atoms with Crippen LogP contribution < -0.4 is 9.47 Å². The number of methoxy groups -OCH3 is 1. The highest BCUT2D eigenvalue weighted by molar-refractivity contribution is 8.00. The van der Waals surface area contributed by atoms with Crippen molar-refractivity contribution >= 4 is 23.6 Å². The second kappa shape index (κ2) is 7.19. The summed E-state index contributed by atoms with van der Waals surface area (Å²) in [6.07, 6.45) is 0.427. The van der Waals surface area contributed by atoms with E-state index in [0.29, 0.717) is 24.5 Å². The number of ether oxygens (including phenoxy) is 3. The summed E-state index contributed by atoms with van der Waals surface area (Å²) >= 11 is 1.52. The number of benzene rings is 2. The fourth-order valence-electron chi connectivity index (χ4n) is 5.55. The Morgan fingerprint density at radius 3 is 2.61 bits per heavy atom. The molecule has 0 unspecified atom stereocenters. The highest BCUT2D eigenvalue weighted by atomic mass is 32.2. The number of rotatable bonds is 5. The molecule has 2 heterocycles. The Kier molecular flexibility index (Phi) is 4.70. The van der Waals surface area contributed by atoms with E-state index in [2.05, 4.69) is 0 Å². The minimum atomic E-state index is -1.02. The first-order chi connectivity index (χ1) is 15.0.